The van der Waals surface area contributed by atoms with E-state index in [2.05, 4.69) is 27.2 Å². The summed E-state index contributed by atoms with van der Waals surface area (Å²) in [7, 11) is 2.26. The largest absolute Gasteiger partial charge is 0.393 e. The van der Waals surface area contributed by atoms with Crippen LogP contribution >= 0.6 is 11.6 Å². The number of halogens is 1. The van der Waals surface area contributed by atoms with E-state index < -0.39 is 0 Å². The van der Waals surface area contributed by atoms with E-state index in [1.807, 2.05) is 0 Å². The monoisotopic (exact) mass is 281 g/mol. The van der Waals surface area contributed by atoms with Gasteiger partial charge in [-0.1, -0.05) is 11.6 Å². The highest BCUT2D eigenvalue weighted by Crippen LogP contribution is 2.37. The molecular weight excluding hydrogens is 262 g/mol. The number of aromatic nitrogens is 2. The van der Waals surface area contributed by atoms with Gasteiger partial charge in [0.15, 0.2) is 11.0 Å². The summed E-state index contributed by atoms with van der Waals surface area (Å²) >= 11 is 5.89. The van der Waals surface area contributed by atoms with Crippen molar-refractivity contribution in [2.75, 3.05) is 24.6 Å². The summed E-state index contributed by atoms with van der Waals surface area (Å²) in [5.41, 5.74) is 6.30. The van der Waals surface area contributed by atoms with E-state index in [1.165, 1.54) is 32.0 Å². The molecular formula is C13H20ClN5. The highest BCUT2D eigenvalue weighted by atomic mass is 35.5. The minimum absolute atomic E-state index is 0.320. The lowest BCUT2D eigenvalue weighted by Crippen LogP contribution is -2.41. The molecule has 3 heterocycles. The Kier molecular flexibility index (Phi) is 3.50. The Morgan fingerprint density at radius 3 is 2.74 bits per heavy atom. The van der Waals surface area contributed by atoms with Gasteiger partial charge in [0.1, 0.15) is 12.0 Å². The molecule has 0 spiro atoms. The third-order valence-corrected chi connectivity index (χ3v) is 4.89. The predicted molar refractivity (Wildman–Crippen MR) is 77.2 cm³/mol. The van der Waals surface area contributed by atoms with Crippen LogP contribution in [0.5, 0.6) is 0 Å². The van der Waals surface area contributed by atoms with Crippen molar-refractivity contribution in [1.82, 2.24) is 14.9 Å². The standard InChI is InChI=1S/C13H20ClN5/c1-19-9-2-3-10(19)5-8(4-9)6-16-13-11(15)12(14)17-7-18-13/h7-10H,2-6,15H2,1H3,(H,16,17,18). The summed E-state index contributed by atoms with van der Waals surface area (Å²) in [5, 5.41) is 3.65. The van der Waals surface area contributed by atoms with Crippen LogP contribution in [-0.2, 0) is 0 Å². The van der Waals surface area contributed by atoms with Gasteiger partial charge in [-0.2, -0.15) is 0 Å². The average Bonchev–Trinajstić information content (AvgIpc) is 2.64. The number of nitrogens with one attached hydrogen (secondary N) is 1. The fourth-order valence-corrected chi connectivity index (χ4v) is 3.58. The van der Waals surface area contributed by atoms with Crippen LogP contribution in [0.2, 0.25) is 5.15 Å². The zero-order valence-electron chi connectivity index (χ0n) is 11.1. The maximum absolute atomic E-state index is 5.89. The molecule has 3 rings (SSSR count). The third-order valence-electron chi connectivity index (χ3n) is 4.59. The van der Waals surface area contributed by atoms with Crippen molar-refractivity contribution in [1.29, 1.82) is 0 Å². The first-order chi connectivity index (χ1) is 9.15. The van der Waals surface area contributed by atoms with Crippen molar-refractivity contribution >= 4 is 23.1 Å². The molecule has 3 N–H and O–H groups in total. The summed E-state index contributed by atoms with van der Waals surface area (Å²) in [6, 6.07) is 1.52. The summed E-state index contributed by atoms with van der Waals surface area (Å²) in [6.07, 6.45) is 6.66. The first-order valence-corrected chi connectivity index (χ1v) is 7.24. The molecule has 1 aromatic rings. The Balaban J connectivity index is 1.60. The highest BCUT2D eigenvalue weighted by Gasteiger charge is 2.38. The minimum atomic E-state index is 0.320. The molecule has 0 radical (unpaired) electrons. The van der Waals surface area contributed by atoms with Gasteiger partial charge in [-0.15, -0.1) is 0 Å². The average molecular weight is 282 g/mol. The van der Waals surface area contributed by atoms with Crippen molar-refractivity contribution in [3.63, 3.8) is 0 Å². The summed E-state index contributed by atoms with van der Waals surface area (Å²) in [5.74, 6) is 1.35. The summed E-state index contributed by atoms with van der Waals surface area (Å²) in [4.78, 5) is 10.6. The lowest BCUT2D eigenvalue weighted by molar-refractivity contribution is 0.139. The van der Waals surface area contributed by atoms with Crippen molar-refractivity contribution in [3.8, 4) is 0 Å². The van der Waals surface area contributed by atoms with Gasteiger partial charge < -0.3 is 16.0 Å². The lowest BCUT2D eigenvalue weighted by Gasteiger charge is -2.36. The number of nitrogen functional groups attached to an aromatic ring is 1. The number of nitrogens with two attached hydrogens (primary N) is 1. The summed E-state index contributed by atoms with van der Waals surface area (Å²) < 4.78 is 0. The first-order valence-electron chi connectivity index (χ1n) is 6.87. The molecule has 2 saturated heterocycles. The number of nitrogens with zero attached hydrogens (tertiary/aromatic N) is 3. The number of anilines is 2. The number of rotatable bonds is 3. The topological polar surface area (TPSA) is 67.1 Å². The van der Waals surface area contributed by atoms with E-state index in [1.54, 1.807) is 0 Å². The smallest absolute Gasteiger partial charge is 0.157 e. The summed E-state index contributed by atoms with van der Waals surface area (Å²) in [6.45, 7) is 0.915. The molecule has 1 aromatic heterocycles. The SMILES string of the molecule is CN1C2CCC1CC(CNc1ncnc(Cl)c1N)C2. The van der Waals surface area contributed by atoms with Crippen LogP contribution in [0, 0.1) is 5.92 Å². The normalized spacial score (nSPS) is 30.5. The second-order valence-corrected chi connectivity index (χ2v) is 6.05. The second kappa shape index (κ2) is 5.13. The number of fused-ring (bicyclic) bond motifs is 2. The van der Waals surface area contributed by atoms with Crippen LogP contribution in [-0.4, -0.2) is 40.5 Å². The van der Waals surface area contributed by atoms with E-state index in [0.29, 0.717) is 22.6 Å². The Labute approximate surface area is 118 Å². The van der Waals surface area contributed by atoms with Gasteiger partial charge in [-0.3, -0.25) is 0 Å². The van der Waals surface area contributed by atoms with Crippen LogP contribution in [0.1, 0.15) is 25.7 Å². The number of hydrogen-bond acceptors (Lipinski definition) is 5. The molecule has 2 aliphatic rings. The zero-order chi connectivity index (χ0) is 13.4. The third kappa shape index (κ3) is 2.49. The Morgan fingerprint density at radius 2 is 2.05 bits per heavy atom. The fraction of sp³-hybridized carbons (Fsp3) is 0.692. The predicted octanol–water partition coefficient (Wildman–Crippen LogP) is 2.00. The maximum Gasteiger partial charge on any atom is 0.157 e. The van der Waals surface area contributed by atoms with Crippen molar-refractivity contribution < 1.29 is 0 Å². The minimum Gasteiger partial charge on any atom is -0.393 e. The van der Waals surface area contributed by atoms with E-state index in [-0.39, 0.29) is 0 Å². The zero-order valence-corrected chi connectivity index (χ0v) is 11.9. The van der Waals surface area contributed by atoms with Gasteiger partial charge in [-0.05, 0) is 38.6 Å². The van der Waals surface area contributed by atoms with Crippen LogP contribution in [0.15, 0.2) is 6.33 Å². The van der Waals surface area contributed by atoms with Crippen LogP contribution in [0.4, 0.5) is 11.5 Å². The Bertz CT molecular complexity index is 452. The van der Waals surface area contributed by atoms with Crippen LogP contribution in [0.25, 0.3) is 0 Å². The van der Waals surface area contributed by atoms with E-state index >= 15 is 0 Å². The van der Waals surface area contributed by atoms with E-state index in [9.17, 15) is 0 Å². The van der Waals surface area contributed by atoms with Gasteiger partial charge >= 0.3 is 0 Å². The molecule has 0 amide bonds. The lowest BCUT2D eigenvalue weighted by atomic mass is 9.91. The molecule has 2 aliphatic heterocycles. The molecule has 6 heteroatoms. The van der Waals surface area contributed by atoms with Gasteiger partial charge in [0.2, 0.25) is 0 Å². The maximum atomic E-state index is 5.89. The van der Waals surface area contributed by atoms with Crippen molar-refractivity contribution in [3.05, 3.63) is 11.5 Å². The van der Waals surface area contributed by atoms with Gasteiger partial charge in [0.05, 0.1) is 0 Å². The van der Waals surface area contributed by atoms with Crippen molar-refractivity contribution in [2.24, 2.45) is 5.92 Å². The molecule has 19 heavy (non-hydrogen) atoms. The fourth-order valence-electron chi connectivity index (χ4n) is 3.45. The molecule has 5 nitrogen and oxygen atoms in total. The van der Waals surface area contributed by atoms with Crippen molar-refractivity contribution in [2.45, 2.75) is 37.8 Å². The highest BCUT2D eigenvalue weighted by molar-refractivity contribution is 6.32. The Hall–Kier alpha value is -1.07. The molecule has 0 saturated carbocycles. The first kappa shape index (κ1) is 12.9. The van der Waals surface area contributed by atoms with Crippen LogP contribution < -0.4 is 11.1 Å². The van der Waals surface area contributed by atoms with E-state index in [4.69, 9.17) is 17.3 Å². The number of hydrogen-bond donors (Lipinski definition) is 2. The molecule has 2 atom stereocenters. The molecule has 0 aliphatic carbocycles. The second-order valence-electron chi connectivity index (χ2n) is 5.70. The van der Waals surface area contributed by atoms with Gasteiger partial charge in [0.25, 0.3) is 0 Å². The molecule has 2 bridgehead atoms. The van der Waals surface area contributed by atoms with E-state index in [0.717, 1.165) is 18.6 Å². The molecule has 2 unspecified atom stereocenters. The van der Waals surface area contributed by atoms with Gasteiger partial charge in [-0.25, -0.2) is 9.97 Å². The molecule has 0 aromatic carbocycles. The number of piperidine rings is 1. The molecule has 104 valence electrons. The Morgan fingerprint density at radius 1 is 1.37 bits per heavy atom. The molecule has 2 fully saturated rings. The van der Waals surface area contributed by atoms with Crippen LogP contribution in [0.3, 0.4) is 0 Å². The van der Waals surface area contributed by atoms with Gasteiger partial charge in [0, 0.05) is 18.6 Å². The quantitative estimate of drug-likeness (QED) is 0.830.